The highest BCUT2D eigenvalue weighted by molar-refractivity contribution is 7.51. The van der Waals surface area contributed by atoms with Crippen molar-refractivity contribution in [3.63, 3.8) is 0 Å². The number of rotatable bonds is 5. The second-order valence-corrected chi connectivity index (χ2v) is 5.66. The zero-order valence-electron chi connectivity index (χ0n) is 8.87. The number of carboxylic acid groups (broad SMARTS) is 1. The van der Waals surface area contributed by atoms with E-state index in [4.69, 9.17) is 14.9 Å². The van der Waals surface area contributed by atoms with Gasteiger partial charge in [0.2, 0.25) is 0 Å². The molecule has 1 rings (SSSR count). The Morgan fingerprint density at radius 3 is 2.75 bits per heavy atom. The van der Waals surface area contributed by atoms with Crippen molar-refractivity contribution in [2.45, 2.75) is 12.5 Å². The number of carbonyl (C=O) groups is 1. The molecule has 0 aromatic carbocycles. The average molecular weight is 252 g/mol. The van der Waals surface area contributed by atoms with Gasteiger partial charge in [-0.2, -0.15) is 0 Å². The van der Waals surface area contributed by atoms with Crippen molar-refractivity contribution in [3.8, 4) is 0 Å². The molecule has 1 aliphatic heterocycles. The molecule has 8 heteroatoms. The zero-order chi connectivity index (χ0) is 12.2. The summed E-state index contributed by atoms with van der Waals surface area (Å²) in [4.78, 5) is 30.0. The molecule has 0 unspecified atom stereocenters. The summed E-state index contributed by atoms with van der Waals surface area (Å²) in [7, 11) is -3.93. The van der Waals surface area contributed by atoms with Gasteiger partial charge in [-0.3, -0.25) is 14.3 Å². The van der Waals surface area contributed by atoms with E-state index in [2.05, 4.69) is 5.32 Å². The lowest BCUT2D eigenvalue weighted by molar-refractivity contribution is -0.140. The summed E-state index contributed by atoms with van der Waals surface area (Å²) < 4.78 is 10.6. The standard InChI is InChI=1S/C8H17N2O5P/c11-8(12)7-6-10(4-2-9-7)3-1-5-16(13,14)15/h7,9H,1-6H2,(H,11,12)(H2,13,14,15)/t7-/m0/s1. The van der Waals surface area contributed by atoms with Crippen molar-refractivity contribution >= 4 is 13.6 Å². The van der Waals surface area contributed by atoms with Crippen LogP contribution in [0.2, 0.25) is 0 Å². The minimum Gasteiger partial charge on any atom is -0.480 e. The first kappa shape index (κ1) is 13.6. The number of hydrogen-bond donors (Lipinski definition) is 4. The molecule has 0 aliphatic carbocycles. The van der Waals surface area contributed by atoms with Crippen molar-refractivity contribution in [3.05, 3.63) is 0 Å². The third-order valence-electron chi connectivity index (χ3n) is 2.48. The molecule has 16 heavy (non-hydrogen) atoms. The Hall–Kier alpha value is -0.460. The van der Waals surface area contributed by atoms with E-state index in [-0.39, 0.29) is 6.16 Å². The van der Waals surface area contributed by atoms with E-state index in [9.17, 15) is 9.36 Å². The van der Waals surface area contributed by atoms with E-state index in [0.717, 1.165) is 0 Å². The lowest BCUT2D eigenvalue weighted by Gasteiger charge is -2.31. The quantitative estimate of drug-likeness (QED) is 0.460. The van der Waals surface area contributed by atoms with Gasteiger partial charge in [0.1, 0.15) is 6.04 Å². The molecular formula is C8H17N2O5P. The molecule has 0 saturated carbocycles. The van der Waals surface area contributed by atoms with Gasteiger partial charge in [0.15, 0.2) is 0 Å². The lowest BCUT2D eigenvalue weighted by Crippen LogP contribution is -2.54. The Bertz CT molecular complexity index is 292. The first-order valence-corrected chi connectivity index (χ1v) is 6.91. The Morgan fingerprint density at radius 2 is 2.19 bits per heavy atom. The molecule has 0 aromatic heterocycles. The Morgan fingerprint density at radius 1 is 1.50 bits per heavy atom. The van der Waals surface area contributed by atoms with Crippen molar-refractivity contribution < 1.29 is 24.3 Å². The van der Waals surface area contributed by atoms with E-state index in [0.29, 0.717) is 32.6 Å². The van der Waals surface area contributed by atoms with Crippen LogP contribution in [0.25, 0.3) is 0 Å². The zero-order valence-corrected chi connectivity index (χ0v) is 9.77. The van der Waals surface area contributed by atoms with Crippen LogP contribution in [0.5, 0.6) is 0 Å². The first-order chi connectivity index (χ1) is 7.38. The van der Waals surface area contributed by atoms with Gasteiger partial charge in [-0.05, 0) is 13.0 Å². The number of nitrogens with one attached hydrogen (secondary N) is 1. The van der Waals surface area contributed by atoms with Crippen LogP contribution in [0.1, 0.15) is 6.42 Å². The SMILES string of the molecule is O=C(O)[C@@H]1CN(CCCP(=O)(O)O)CCN1. The van der Waals surface area contributed by atoms with Gasteiger partial charge >= 0.3 is 13.6 Å². The highest BCUT2D eigenvalue weighted by atomic mass is 31.2. The highest BCUT2D eigenvalue weighted by Gasteiger charge is 2.24. The number of piperazine rings is 1. The smallest absolute Gasteiger partial charge is 0.325 e. The molecule has 4 N–H and O–H groups in total. The molecule has 94 valence electrons. The summed E-state index contributed by atoms with van der Waals surface area (Å²) in [6.07, 6.45) is 0.241. The summed E-state index contributed by atoms with van der Waals surface area (Å²) in [5, 5.41) is 11.7. The monoisotopic (exact) mass is 252 g/mol. The summed E-state index contributed by atoms with van der Waals surface area (Å²) in [6, 6.07) is -0.580. The van der Waals surface area contributed by atoms with Crippen molar-refractivity contribution in [1.29, 1.82) is 0 Å². The molecule has 7 nitrogen and oxygen atoms in total. The molecular weight excluding hydrogens is 235 g/mol. The summed E-state index contributed by atoms with van der Waals surface area (Å²) in [6.45, 7) is 2.21. The van der Waals surface area contributed by atoms with Crippen LogP contribution < -0.4 is 5.32 Å². The molecule has 0 spiro atoms. The van der Waals surface area contributed by atoms with E-state index >= 15 is 0 Å². The van der Waals surface area contributed by atoms with Gasteiger partial charge in [0.25, 0.3) is 0 Å². The minimum atomic E-state index is -3.93. The second kappa shape index (κ2) is 5.75. The molecule has 0 radical (unpaired) electrons. The van der Waals surface area contributed by atoms with Crippen LogP contribution in [-0.2, 0) is 9.36 Å². The Labute approximate surface area is 93.6 Å². The third kappa shape index (κ3) is 5.05. The van der Waals surface area contributed by atoms with Crippen LogP contribution in [-0.4, -0.2) is 64.1 Å². The number of nitrogens with zero attached hydrogens (tertiary/aromatic N) is 1. The Balaban J connectivity index is 2.27. The third-order valence-corrected chi connectivity index (χ3v) is 3.38. The molecule has 1 saturated heterocycles. The molecule has 1 heterocycles. The van der Waals surface area contributed by atoms with Crippen molar-refractivity contribution in [2.24, 2.45) is 0 Å². The summed E-state index contributed by atoms with van der Waals surface area (Å²) >= 11 is 0. The maximum atomic E-state index is 10.7. The van der Waals surface area contributed by atoms with E-state index in [1.165, 1.54) is 0 Å². The average Bonchev–Trinajstić information content (AvgIpc) is 2.16. The van der Waals surface area contributed by atoms with Gasteiger partial charge in [0.05, 0.1) is 6.16 Å². The van der Waals surface area contributed by atoms with E-state index in [1.807, 2.05) is 4.90 Å². The van der Waals surface area contributed by atoms with Crippen molar-refractivity contribution in [1.82, 2.24) is 10.2 Å². The fourth-order valence-electron chi connectivity index (χ4n) is 1.68. The normalized spacial score (nSPS) is 23.2. The Kier molecular flexibility index (Phi) is 4.89. The van der Waals surface area contributed by atoms with Gasteiger partial charge < -0.3 is 20.2 Å². The fourth-order valence-corrected chi connectivity index (χ4v) is 2.23. The van der Waals surface area contributed by atoms with E-state index in [1.54, 1.807) is 0 Å². The maximum absolute atomic E-state index is 10.7. The molecule has 0 amide bonds. The van der Waals surface area contributed by atoms with Crippen LogP contribution >= 0.6 is 7.60 Å². The highest BCUT2D eigenvalue weighted by Crippen LogP contribution is 2.34. The summed E-state index contributed by atoms with van der Waals surface area (Å²) in [5.74, 6) is -0.889. The lowest BCUT2D eigenvalue weighted by atomic mass is 10.2. The van der Waals surface area contributed by atoms with Crippen LogP contribution in [0, 0.1) is 0 Å². The predicted molar refractivity (Wildman–Crippen MR) is 57.4 cm³/mol. The first-order valence-electron chi connectivity index (χ1n) is 5.11. The number of carboxylic acids is 1. The van der Waals surface area contributed by atoms with Crippen LogP contribution in [0.3, 0.4) is 0 Å². The summed E-state index contributed by atoms with van der Waals surface area (Å²) in [5.41, 5.74) is 0. The number of hydrogen-bond acceptors (Lipinski definition) is 4. The van der Waals surface area contributed by atoms with Crippen LogP contribution in [0.15, 0.2) is 0 Å². The predicted octanol–water partition coefficient (Wildman–Crippen LogP) is -1.09. The van der Waals surface area contributed by atoms with Gasteiger partial charge in [0, 0.05) is 19.6 Å². The maximum Gasteiger partial charge on any atom is 0.325 e. The number of aliphatic carboxylic acids is 1. The van der Waals surface area contributed by atoms with E-state index < -0.39 is 19.6 Å². The van der Waals surface area contributed by atoms with Crippen molar-refractivity contribution in [2.75, 3.05) is 32.3 Å². The molecule has 1 aliphatic rings. The minimum absolute atomic E-state index is 0.144. The van der Waals surface area contributed by atoms with Gasteiger partial charge in [-0.25, -0.2) is 0 Å². The molecule has 0 aromatic rings. The topological polar surface area (TPSA) is 110 Å². The largest absolute Gasteiger partial charge is 0.480 e. The van der Waals surface area contributed by atoms with Gasteiger partial charge in [-0.1, -0.05) is 0 Å². The van der Waals surface area contributed by atoms with Crippen LogP contribution in [0.4, 0.5) is 0 Å². The molecule has 1 fully saturated rings. The second-order valence-electron chi connectivity index (χ2n) is 3.89. The van der Waals surface area contributed by atoms with Gasteiger partial charge in [-0.15, -0.1) is 0 Å². The fraction of sp³-hybridized carbons (Fsp3) is 0.875. The molecule has 1 atom stereocenters. The molecule has 0 bridgehead atoms.